The summed E-state index contributed by atoms with van der Waals surface area (Å²) in [6, 6.07) is 26.8. The van der Waals surface area contributed by atoms with E-state index < -0.39 is 0 Å². The number of aryl methyl sites for hydroxylation is 2. The number of fused-ring (bicyclic) bond motifs is 1. The zero-order valence-corrected chi connectivity index (χ0v) is 15.1. The SMILES string of the molecule is CCc1ccc(N=c2cc(-c3ccccc3)oc3ccc(C)cc23)cc1. The molecule has 0 aliphatic rings. The molecule has 2 nitrogen and oxygen atoms in total. The van der Waals surface area contributed by atoms with Crippen LogP contribution in [0.1, 0.15) is 18.1 Å². The molecule has 26 heavy (non-hydrogen) atoms. The lowest BCUT2D eigenvalue weighted by Gasteiger charge is -2.06. The highest BCUT2D eigenvalue weighted by molar-refractivity contribution is 5.79. The van der Waals surface area contributed by atoms with Gasteiger partial charge in [0, 0.05) is 17.0 Å². The van der Waals surface area contributed by atoms with E-state index in [9.17, 15) is 0 Å². The Bertz CT molecular complexity index is 1110. The second-order valence-electron chi connectivity index (χ2n) is 6.49. The molecule has 4 aromatic rings. The molecular weight excluding hydrogens is 318 g/mol. The lowest BCUT2D eigenvalue weighted by atomic mass is 10.1. The summed E-state index contributed by atoms with van der Waals surface area (Å²) >= 11 is 0. The first-order valence-corrected chi connectivity index (χ1v) is 8.96. The standard InChI is InChI=1S/C24H21NO/c1-3-18-10-12-20(13-11-18)25-22-16-24(19-7-5-4-6-8-19)26-23-14-9-17(2)15-21(22)23/h4-16H,3H2,1-2H3. The molecule has 2 heteroatoms. The Morgan fingerprint density at radius 2 is 1.62 bits per heavy atom. The Kier molecular flexibility index (Phi) is 4.40. The third-order valence-corrected chi connectivity index (χ3v) is 4.55. The molecule has 0 unspecified atom stereocenters. The van der Waals surface area contributed by atoms with Crippen LogP contribution in [0.3, 0.4) is 0 Å². The summed E-state index contributed by atoms with van der Waals surface area (Å²) in [6.45, 7) is 4.25. The van der Waals surface area contributed by atoms with Crippen LogP contribution in [0.2, 0.25) is 0 Å². The van der Waals surface area contributed by atoms with E-state index in [2.05, 4.69) is 62.4 Å². The van der Waals surface area contributed by atoms with Gasteiger partial charge in [0.2, 0.25) is 0 Å². The van der Waals surface area contributed by atoms with Gasteiger partial charge >= 0.3 is 0 Å². The first kappa shape index (κ1) is 16.3. The molecule has 0 aliphatic carbocycles. The van der Waals surface area contributed by atoms with Gasteiger partial charge in [-0.15, -0.1) is 0 Å². The van der Waals surface area contributed by atoms with Gasteiger partial charge < -0.3 is 4.42 Å². The maximum Gasteiger partial charge on any atom is 0.136 e. The fourth-order valence-corrected chi connectivity index (χ4v) is 3.07. The van der Waals surface area contributed by atoms with Crippen LogP contribution in [-0.4, -0.2) is 0 Å². The third-order valence-electron chi connectivity index (χ3n) is 4.55. The van der Waals surface area contributed by atoms with E-state index in [0.717, 1.165) is 39.8 Å². The molecule has 0 spiro atoms. The summed E-state index contributed by atoms with van der Waals surface area (Å²) in [7, 11) is 0. The van der Waals surface area contributed by atoms with E-state index in [1.165, 1.54) is 11.1 Å². The van der Waals surface area contributed by atoms with Gasteiger partial charge in [-0.3, -0.25) is 0 Å². The smallest absolute Gasteiger partial charge is 0.136 e. The highest BCUT2D eigenvalue weighted by Crippen LogP contribution is 2.23. The molecule has 0 saturated carbocycles. The third kappa shape index (κ3) is 3.31. The highest BCUT2D eigenvalue weighted by Gasteiger charge is 2.06. The Labute approximate surface area is 153 Å². The normalized spacial score (nSPS) is 11.8. The Morgan fingerprint density at radius 1 is 0.846 bits per heavy atom. The minimum Gasteiger partial charge on any atom is -0.456 e. The van der Waals surface area contributed by atoms with Crippen LogP contribution >= 0.6 is 0 Å². The number of hydrogen-bond donors (Lipinski definition) is 0. The molecule has 0 saturated heterocycles. The predicted octanol–water partition coefficient (Wildman–Crippen LogP) is 6.20. The Hall–Kier alpha value is -3.13. The summed E-state index contributed by atoms with van der Waals surface area (Å²) < 4.78 is 6.16. The van der Waals surface area contributed by atoms with Crippen molar-refractivity contribution in [1.82, 2.24) is 0 Å². The van der Waals surface area contributed by atoms with Gasteiger partial charge in [0.15, 0.2) is 0 Å². The highest BCUT2D eigenvalue weighted by atomic mass is 16.3. The maximum absolute atomic E-state index is 6.16. The van der Waals surface area contributed by atoms with Crippen LogP contribution in [0.5, 0.6) is 0 Å². The number of nitrogens with zero attached hydrogens (tertiary/aromatic N) is 1. The summed E-state index contributed by atoms with van der Waals surface area (Å²) in [5.74, 6) is 0.825. The first-order chi connectivity index (χ1) is 12.7. The molecule has 0 fully saturated rings. The Balaban J connectivity index is 1.95. The van der Waals surface area contributed by atoms with Gasteiger partial charge in [-0.2, -0.15) is 0 Å². The van der Waals surface area contributed by atoms with Crippen molar-refractivity contribution in [2.24, 2.45) is 4.99 Å². The molecule has 1 heterocycles. The van der Waals surface area contributed by atoms with Crippen molar-refractivity contribution in [2.75, 3.05) is 0 Å². The van der Waals surface area contributed by atoms with Crippen molar-refractivity contribution in [3.63, 3.8) is 0 Å². The molecule has 1 aromatic heterocycles. The maximum atomic E-state index is 6.16. The van der Waals surface area contributed by atoms with Crippen LogP contribution in [0, 0.1) is 6.92 Å². The first-order valence-electron chi connectivity index (χ1n) is 8.96. The summed E-state index contributed by atoms with van der Waals surface area (Å²) in [4.78, 5) is 4.91. The largest absolute Gasteiger partial charge is 0.456 e. The van der Waals surface area contributed by atoms with Gasteiger partial charge in [0.25, 0.3) is 0 Å². The fourth-order valence-electron chi connectivity index (χ4n) is 3.07. The van der Waals surface area contributed by atoms with Crippen LogP contribution in [0.25, 0.3) is 22.3 Å². The average molecular weight is 339 g/mol. The van der Waals surface area contributed by atoms with E-state index in [1.54, 1.807) is 0 Å². The molecule has 0 bridgehead atoms. The number of benzene rings is 3. The summed E-state index contributed by atoms with van der Waals surface area (Å²) in [5, 5.41) is 1.96. The van der Waals surface area contributed by atoms with Crippen molar-refractivity contribution in [3.8, 4) is 11.3 Å². The molecule has 3 aromatic carbocycles. The second kappa shape index (κ2) is 7.01. The fraction of sp³-hybridized carbons (Fsp3) is 0.125. The monoisotopic (exact) mass is 339 g/mol. The minimum atomic E-state index is 0.825. The van der Waals surface area contributed by atoms with E-state index in [4.69, 9.17) is 9.41 Å². The lowest BCUT2D eigenvalue weighted by Crippen LogP contribution is -2.03. The minimum absolute atomic E-state index is 0.825. The average Bonchev–Trinajstić information content (AvgIpc) is 2.69. The van der Waals surface area contributed by atoms with E-state index >= 15 is 0 Å². The summed E-state index contributed by atoms with van der Waals surface area (Å²) in [6.07, 6.45) is 1.03. The molecule has 0 amide bonds. The van der Waals surface area contributed by atoms with Gasteiger partial charge in [-0.05, 0) is 43.2 Å². The van der Waals surface area contributed by atoms with Crippen LogP contribution < -0.4 is 5.36 Å². The zero-order valence-electron chi connectivity index (χ0n) is 15.1. The van der Waals surface area contributed by atoms with Crippen LogP contribution in [0.4, 0.5) is 5.69 Å². The van der Waals surface area contributed by atoms with E-state index in [-0.39, 0.29) is 0 Å². The topological polar surface area (TPSA) is 25.5 Å². The second-order valence-corrected chi connectivity index (χ2v) is 6.49. The molecule has 0 aliphatic heterocycles. The van der Waals surface area contributed by atoms with Crippen molar-refractivity contribution in [2.45, 2.75) is 20.3 Å². The van der Waals surface area contributed by atoms with E-state index in [0.29, 0.717) is 0 Å². The summed E-state index contributed by atoms with van der Waals surface area (Å²) in [5.41, 5.74) is 5.36. The lowest BCUT2D eigenvalue weighted by molar-refractivity contribution is 0.618. The Morgan fingerprint density at radius 3 is 2.35 bits per heavy atom. The van der Waals surface area contributed by atoms with Crippen molar-refractivity contribution in [1.29, 1.82) is 0 Å². The zero-order chi connectivity index (χ0) is 17.9. The number of rotatable bonds is 3. The number of hydrogen-bond acceptors (Lipinski definition) is 2. The molecule has 0 N–H and O–H groups in total. The molecular formula is C24H21NO. The molecule has 0 radical (unpaired) electrons. The van der Waals surface area contributed by atoms with Gasteiger partial charge in [-0.1, -0.05) is 61.0 Å². The van der Waals surface area contributed by atoms with Crippen molar-refractivity contribution >= 4 is 16.7 Å². The van der Waals surface area contributed by atoms with Gasteiger partial charge in [0.05, 0.1) is 11.0 Å². The van der Waals surface area contributed by atoms with Crippen LogP contribution in [-0.2, 0) is 6.42 Å². The molecule has 0 atom stereocenters. The van der Waals surface area contributed by atoms with E-state index in [1.807, 2.05) is 30.3 Å². The predicted molar refractivity (Wildman–Crippen MR) is 107 cm³/mol. The van der Waals surface area contributed by atoms with Gasteiger partial charge in [0.1, 0.15) is 11.3 Å². The van der Waals surface area contributed by atoms with Gasteiger partial charge in [-0.25, -0.2) is 4.99 Å². The van der Waals surface area contributed by atoms with Crippen molar-refractivity contribution in [3.05, 3.63) is 95.3 Å². The molecule has 4 rings (SSSR count). The quantitative estimate of drug-likeness (QED) is 0.436. The van der Waals surface area contributed by atoms with Crippen LogP contribution in [0.15, 0.2) is 88.3 Å². The van der Waals surface area contributed by atoms with Crippen molar-refractivity contribution < 1.29 is 4.42 Å². The molecule has 128 valence electrons.